The van der Waals surface area contributed by atoms with E-state index in [4.69, 9.17) is 0 Å². The van der Waals surface area contributed by atoms with Gasteiger partial charge in [-0.05, 0) is 56.3 Å². The number of rotatable bonds is 3. The van der Waals surface area contributed by atoms with Crippen molar-refractivity contribution in [2.45, 2.75) is 84.3 Å². The van der Waals surface area contributed by atoms with Crippen molar-refractivity contribution in [2.24, 2.45) is 17.3 Å². The third-order valence-corrected chi connectivity index (χ3v) is 6.31. The maximum atomic E-state index is 3.92. The summed E-state index contributed by atoms with van der Waals surface area (Å²) in [6.45, 7) is 14.7. The molecule has 0 bridgehead atoms. The molecule has 1 saturated heterocycles. The lowest BCUT2D eigenvalue weighted by molar-refractivity contribution is 0.0171. The monoisotopic (exact) mass is 278 g/mol. The lowest BCUT2D eigenvalue weighted by Gasteiger charge is -2.50. The van der Waals surface area contributed by atoms with Crippen LogP contribution in [0.1, 0.15) is 66.7 Å². The second kappa shape index (κ2) is 4.98. The maximum absolute atomic E-state index is 3.92. The number of hydrogen-bond donors (Lipinski definition) is 1. The Hall–Kier alpha value is -0.0800. The summed E-state index contributed by atoms with van der Waals surface area (Å²) in [7, 11) is 0. The van der Waals surface area contributed by atoms with Crippen LogP contribution in [0.3, 0.4) is 0 Å². The molecule has 3 unspecified atom stereocenters. The van der Waals surface area contributed by atoms with E-state index in [-0.39, 0.29) is 0 Å². The standard InChI is InChI=1S/C18H34N2/c1-13(2)16-11-19-18(5,14-6-7-14)12-20(16)15-8-9-17(3,4)10-15/h13-16,19H,6-12H2,1-5H3. The Bertz CT molecular complexity index is 358. The van der Waals surface area contributed by atoms with Crippen molar-refractivity contribution in [1.82, 2.24) is 10.2 Å². The summed E-state index contributed by atoms with van der Waals surface area (Å²) in [5.74, 6) is 1.70. The first-order chi connectivity index (χ1) is 9.31. The summed E-state index contributed by atoms with van der Waals surface area (Å²) >= 11 is 0. The van der Waals surface area contributed by atoms with Gasteiger partial charge in [0.15, 0.2) is 0 Å². The molecule has 1 N–H and O–H groups in total. The van der Waals surface area contributed by atoms with Gasteiger partial charge in [-0.3, -0.25) is 4.90 Å². The second-order valence-electron chi connectivity index (χ2n) is 9.12. The molecule has 1 heterocycles. The van der Waals surface area contributed by atoms with Crippen molar-refractivity contribution < 1.29 is 0 Å². The average Bonchev–Trinajstić information content (AvgIpc) is 3.14. The Labute approximate surface area is 125 Å². The Morgan fingerprint density at radius 3 is 2.30 bits per heavy atom. The van der Waals surface area contributed by atoms with Crippen LogP contribution in [0.15, 0.2) is 0 Å². The van der Waals surface area contributed by atoms with E-state index >= 15 is 0 Å². The van der Waals surface area contributed by atoms with Crippen LogP contribution in [0, 0.1) is 17.3 Å². The quantitative estimate of drug-likeness (QED) is 0.847. The summed E-state index contributed by atoms with van der Waals surface area (Å²) < 4.78 is 0. The van der Waals surface area contributed by atoms with Crippen molar-refractivity contribution in [3.05, 3.63) is 0 Å². The third kappa shape index (κ3) is 2.78. The first-order valence-electron chi connectivity index (χ1n) is 8.81. The topological polar surface area (TPSA) is 15.3 Å². The molecule has 0 spiro atoms. The molecule has 3 atom stereocenters. The third-order valence-electron chi connectivity index (χ3n) is 6.31. The van der Waals surface area contributed by atoms with Crippen LogP contribution in [0.2, 0.25) is 0 Å². The highest BCUT2D eigenvalue weighted by atomic mass is 15.3. The van der Waals surface area contributed by atoms with E-state index in [1.807, 2.05) is 0 Å². The molecule has 2 saturated carbocycles. The van der Waals surface area contributed by atoms with Crippen LogP contribution in [-0.2, 0) is 0 Å². The minimum absolute atomic E-state index is 0.387. The highest BCUT2D eigenvalue weighted by molar-refractivity contribution is 5.06. The van der Waals surface area contributed by atoms with Crippen LogP contribution in [0.25, 0.3) is 0 Å². The van der Waals surface area contributed by atoms with E-state index in [0.717, 1.165) is 23.9 Å². The lowest BCUT2D eigenvalue weighted by atomic mass is 9.86. The van der Waals surface area contributed by atoms with Crippen LogP contribution in [0.5, 0.6) is 0 Å². The van der Waals surface area contributed by atoms with E-state index in [2.05, 4.69) is 44.8 Å². The highest BCUT2D eigenvalue weighted by Gasteiger charge is 2.49. The van der Waals surface area contributed by atoms with Crippen molar-refractivity contribution in [3.63, 3.8) is 0 Å². The summed E-state index contributed by atoms with van der Waals surface area (Å²) in [6, 6.07) is 1.57. The summed E-state index contributed by atoms with van der Waals surface area (Å²) in [5.41, 5.74) is 0.950. The number of nitrogens with zero attached hydrogens (tertiary/aromatic N) is 1. The number of nitrogens with one attached hydrogen (secondary N) is 1. The van der Waals surface area contributed by atoms with Gasteiger partial charge in [0.1, 0.15) is 0 Å². The fourth-order valence-electron chi connectivity index (χ4n) is 4.70. The van der Waals surface area contributed by atoms with Crippen molar-refractivity contribution in [2.75, 3.05) is 13.1 Å². The molecular formula is C18H34N2. The second-order valence-corrected chi connectivity index (χ2v) is 9.12. The minimum atomic E-state index is 0.387. The molecule has 2 nitrogen and oxygen atoms in total. The first kappa shape index (κ1) is 14.8. The predicted molar refractivity (Wildman–Crippen MR) is 85.9 cm³/mol. The fourth-order valence-corrected chi connectivity index (χ4v) is 4.70. The van der Waals surface area contributed by atoms with Crippen LogP contribution in [0.4, 0.5) is 0 Å². The van der Waals surface area contributed by atoms with E-state index in [9.17, 15) is 0 Å². The van der Waals surface area contributed by atoms with Gasteiger partial charge in [0.05, 0.1) is 0 Å². The van der Waals surface area contributed by atoms with Gasteiger partial charge in [0.2, 0.25) is 0 Å². The van der Waals surface area contributed by atoms with Gasteiger partial charge >= 0.3 is 0 Å². The van der Waals surface area contributed by atoms with Crippen molar-refractivity contribution in [3.8, 4) is 0 Å². The molecule has 3 rings (SSSR count). The Balaban J connectivity index is 1.75. The Morgan fingerprint density at radius 2 is 1.80 bits per heavy atom. The van der Waals surface area contributed by atoms with Gasteiger partial charge < -0.3 is 5.32 Å². The molecule has 0 aromatic rings. The zero-order valence-corrected chi connectivity index (χ0v) is 14.2. The highest BCUT2D eigenvalue weighted by Crippen LogP contribution is 2.45. The molecule has 20 heavy (non-hydrogen) atoms. The van der Waals surface area contributed by atoms with E-state index < -0.39 is 0 Å². The van der Waals surface area contributed by atoms with Gasteiger partial charge in [-0.2, -0.15) is 0 Å². The van der Waals surface area contributed by atoms with Gasteiger partial charge in [-0.25, -0.2) is 0 Å². The van der Waals surface area contributed by atoms with Crippen LogP contribution < -0.4 is 5.32 Å². The van der Waals surface area contributed by atoms with Crippen LogP contribution in [-0.4, -0.2) is 35.6 Å². The molecule has 3 aliphatic rings. The van der Waals surface area contributed by atoms with Gasteiger partial charge in [0.25, 0.3) is 0 Å². The molecule has 0 aromatic heterocycles. The molecule has 2 heteroatoms. The zero-order valence-electron chi connectivity index (χ0n) is 14.2. The summed E-state index contributed by atoms with van der Waals surface area (Å²) in [6.07, 6.45) is 7.11. The molecule has 0 amide bonds. The number of piperazine rings is 1. The normalized spacial score (nSPS) is 42.3. The fraction of sp³-hybridized carbons (Fsp3) is 1.00. The first-order valence-corrected chi connectivity index (χ1v) is 8.81. The van der Waals surface area contributed by atoms with E-state index in [1.54, 1.807) is 0 Å². The SMILES string of the molecule is CC(C)C1CNC(C)(C2CC2)CN1C1CCC(C)(C)C1. The predicted octanol–water partition coefficient (Wildman–Crippen LogP) is 3.66. The van der Waals surface area contributed by atoms with Gasteiger partial charge in [0, 0.05) is 30.7 Å². The smallest absolute Gasteiger partial charge is 0.0309 e. The maximum Gasteiger partial charge on any atom is 0.0309 e. The average molecular weight is 278 g/mol. The molecule has 0 radical (unpaired) electrons. The van der Waals surface area contributed by atoms with Gasteiger partial charge in [-0.15, -0.1) is 0 Å². The molecule has 116 valence electrons. The lowest BCUT2D eigenvalue weighted by Crippen LogP contribution is -2.66. The molecule has 0 aromatic carbocycles. The summed E-state index contributed by atoms with van der Waals surface area (Å²) in [5, 5.41) is 3.92. The summed E-state index contributed by atoms with van der Waals surface area (Å²) in [4.78, 5) is 2.91. The molecule has 3 fully saturated rings. The Morgan fingerprint density at radius 1 is 1.10 bits per heavy atom. The van der Waals surface area contributed by atoms with Gasteiger partial charge in [-0.1, -0.05) is 27.7 Å². The van der Waals surface area contributed by atoms with E-state index in [0.29, 0.717) is 11.0 Å². The van der Waals surface area contributed by atoms with Crippen molar-refractivity contribution >= 4 is 0 Å². The van der Waals surface area contributed by atoms with Crippen LogP contribution >= 0.6 is 0 Å². The minimum Gasteiger partial charge on any atom is -0.308 e. The van der Waals surface area contributed by atoms with Crippen molar-refractivity contribution in [1.29, 1.82) is 0 Å². The van der Waals surface area contributed by atoms with E-state index in [1.165, 1.54) is 45.2 Å². The number of hydrogen-bond acceptors (Lipinski definition) is 2. The largest absolute Gasteiger partial charge is 0.308 e. The zero-order chi connectivity index (χ0) is 14.5. The molecular weight excluding hydrogens is 244 g/mol. The Kier molecular flexibility index (Phi) is 3.70. The molecule has 2 aliphatic carbocycles. The molecule has 1 aliphatic heterocycles.